The van der Waals surface area contributed by atoms with Crippen molar-refractivity contribution < 1.29 is 43.2 Å². The molecule has 6 heterocycles. The molecule has 4 fully saturated rings. The minimum absolute atomic E-state index is 0.00268. The smallest absolute Gasteiger partial charge is 0.407 e. The first-order chi connectivity index (χ1) is 32.4. The Morgan fingerprint density at radius 2 is 1.28 bits per heavy atom. The third-order valence-electron chi connectivity index (χ3n) is 13.8. The highest BCUT2D eigenvalue weighted by atomic mass is 16.7. The Balaban J connectivity index is 1.000. The molecule has 0 aliphatic carbocycles. The van der Waals surface area contributed by atoms with Gasteiger partial charge in [0.15, 0.2) is 0 Å². The first kappa shape index (κ1) is 45.7. The number of benzene rings is 3. The lowest BCUT2D eigenvalue weighted by molar-refractivity contribution is -0.136. The number of carbonyl (C=O) groups excluding carboxylic acids is 3. The van der Waals surface area contributed by atoms with E-state index in [0.29, 0.717) is 32.1 Å². The summed E-state index contributed by atoms with van der Waals surface area (Å²) in [7, 11) is 1.29. The van der Waals surface area contributed by atoms with Gasteiger partial charge in [-0.25, -0.2) is 19.6 Å². The normalized spacial score (nSPS) is 22.9. The third-order valence-corrected chi connectivity index (χ3v) is 13.8. The van der Waals surface area contributed by atoms with Gasteiger partial charge in [0.25, 0.3) is 0 Å². The molecule has 4 aliphatic rings. The Morgan fingerprint density at radius 3 is 1.76 bits per heavy atom. The highest BCUT2D eigenvalue weighted by Gasteiger charge is 2.40. The molecular formula is C49H61N9O9. The van der Waals surface area contributed by atoms with Crippen LogP contribution in [0.25, 0.3) is 22.1 Å². The van der Waals surface area contributed by atoms with Crippen LogP contribution in [-0.4, -0.2) is 117 Å². The summed E-state index contributed by atoms with van der Waals surface area (Å²) in [5.41, 5.74) is 6.63. The second kappa shape index (κ2) is 19.4. The fourth-order valence-electron chi connectivity index (χ4n) is 10.4. The Kier molecular flexibility index (Phi) is 13.3. The zero-order valence-corrected chi connectivity index (χ0v) is 38.7. The Bertz CT molecular complexity index is 2590. The van der Waals surface area contributed by atoms with Gasteiger partial charge in [0.05, 0.1) is 60.0 Å². The number of carboxylic acid groups (broad SMARTS) is 1. The van der Waals surface area contributed by atoms with Crippen LogP contribution >= 0.6 is 0 Å². The van der Waals surface area contributed by atoms with Crippen molar-refractivity contribution in [3.8, 4) is 5.75 Å². The first-order valence-corrected chi connectivity index (χ1v) is 23.5. The second-order valence-electron chi connectivity index (χ2n) is 18.8. The lowest BCUT2D eigenvalue weighted by Crippen LogP contribution is -2.51. The van der Waals surface area contributed by atoms with E-state index < -0.39 is 24.3 Å². The molecule has 4 aliphatic heterocycles. The predicted molar refractivity (Wildman–Crippen MR) is 248 cm³/mol. The summed E-state index contributed by atoms with van der Waals surface area (Å²) in [6, 6.07) is 18.8. The van der Waals surface area contributed by atoms with Crippen molar-refractivity contribution in [3.05, 3.63) is 83.4 Å². The highest BCUT2D eigenvalue weighted by Crippen LogP contribution is 2.48. The molecular weight excluding hydrogens is 859 g/mol. The van der Waals surface area contributed by atoms with Crippen LogP contribution in [0.1, 0.15) is 113 Å². The number of methoxy groups -OCH3 is 1. The first-order valence-electron chi connectivity index (χ1n) is 23.5. The van der Waals surface area contributed by atoms with Crippen LogP contribution in [0.3, 0.4) is 0 Å². The van der Waals surface area contributed by atoms with Gasteiger partial charge in [0.1, 0.15) is 49.0 Å². The second-order valence-corrected chi connectivity index (χ2v) is 18.8. The summed E-state index contributed by atoms with van der Waals surface area (Å²) in [5.74, 6) is 1.41. The zero-order chi connectivity index (χ0) is 46.9. The van der Waals surface area contributed by atoms with Gasteiger partial charge in [-0.3, -0.25) is 9.59 Å². The average molecular weight is 920 g/mol. The van der Waals surface area contributed by atoms with Gasteiger partial charge in [-0.05, 0) is 110 Å². The SMILES string of the molecule is COC(=O)N[C@H](C(=O)N1CCC[C@H]1c1nc2ccc([C@H]3CC[C@H](c4ccc5nc([C@@H]6CCCN6C(=O)[C@@H](NC(=O)O)C(C)C)[nH]c5c4)N3c3ccc(OCC4COCO4)cc3)cc2[nH]1)C(C)C. The zero-order valence-electron chi connectivity index (χ0n) is 38.7. The molecule has 7 atom stereocenters. The van der Waals surface area contributed by atoms with Crippen molar-refractivity contribution in [3.63, 3.8) is 0 Å². The van der Waals surface area contributed by atoms with Crippen molar-refractivity contribution in [2.24, 2.45) is 11.8 Å². The summed E-state index contributed by atoms with van der Waals surface area (Å²) >= 11 is 0. The number of likely N-dealkylation sites (tertiary alicyclic amines) is 2. The molecule has 0 saturated carbocycles. The van der Waals surface area contributed by atoms with Gasteiger partial charge in [0, 0.05) is 18.8 Å². The molecule has 5 N–H and O–H groups in total. The van der Waals surface area contributed by atoms with E-state index in [9.17, 15) is 24.3 Å². The van der Waals surface area contributed by atoms with Crippen LogP contribution in [0.15, 0.2) is 60.7 Å². The Morgan fingerprint density at radius 1 is 0.746 bits per heavy atom. The van der Waals surface area contributed by atoms with Gasteiger partial charge in [-0.1, -0.05) is 39.8 Å². The van der Waals surface area contributed by atoms with Crippen molar-refractivity contribution in [2.45, 2.75) is 109 Å². The van der Waals surface area contributed by atoms with E-state index in [1.165, 1.54) is 7.11 Å². The molecule has 5 aromatic rings. The molecule has 0 bridgehead atoms. The predicted octanol–water partition coefficient (Wildman–Crippen LogP) is 7.27. The maximum Gasteiger partial charge on any atom is 0.407 e. The standard InChI is InChI=1S/C49H61N9O9/c1-27(2)42(54-48(61)62)46(59)56-20-6-8-40(56)44-50-34-16-10-29(22-36(34)52-44)38-18-19-39(58(38)31-12-14-32(15-13-31)66-25-33-24-65-26-67-33)30-11-17-35-37(23-30)53-45(51-35)41-9-7-21-57(41)47(60)43(28(3)4)55-49(63)64-5/h10-17,22-23,27-28,33,38-43,54H,6-9,18-21,24-26H2,1-5H3,(H,50,52)(H,51,53)(H,55,63)(H,61,62)/t33?,38-,39-,40+,41+,42+,43+/m1/s1. The summed E-state index contributed by atoms with van der Waals surface area (Å²) in [6.45, 7) is 9.76. The number of imidazole rings is 2. The topological polar surface area (TPSA) is 217 Å². The van der Waals surface area contributed by atoms with E-state index in [-0.39, 0.29) is 60.7 Å². The number of carbonyl (C=O) groups is 4. The third kappa shape index (κ3) is 9.46. The minimum Gasteiger partial charge on any atom is -0.491 e. The summed E-state index contributed by atoms with van der Waals surface area (Å²) in [5, 5.41) is 14.6. The average Bonchev–Trinajstić information content (AvgIpc) is 4.18. The van der Waals surface area contributed by atoms with E-state index in [0.717, 1.165) is 89.0 Å². The molecule has 9 rings (SSSR count). The number of aromatic nitrogens is 4. The number of fused-ring (bicyclic) bond motifs is 2. The Labute approximate surface area is 389 Å². The lowest BCUT2D eigenvalue weighted by Gasteiger charge is -2.33. The van der Waals surface area contributed by atoms with Crippen molar-refractivity contribution in [2.75, 3.05) is 45.1 Å². The van der Waals surface area contributed by atoms with Gasteiger partial charge < -0.3 is 59.4 Å². The van der Waals surface area contributed by atoms with Crippen molar-refractivity contribution in [1.29, 1.82) is 0 Å². The maximum absolute atomic E-state index is 13.9. The molecule has 3 aromatic carbocycles. The quantitative estimate of drug-likeness (QED) is 0.0743. The molecule has 4 amide bonds. The Hall–Kier alpha value is -6.40. The van der Waals surface area contributed by atoms with Crippen LogP contribution in [0.5, 0.6) is 5.75 Å². The van der Waals surface area contributed by atoms with E-state index in [1.807, 2.05) is 50.8 Å². The number of aromatic amines is 2. The number of hydrogen-bond donors (Lipinski definition) is 5. The summed E-state index contributed by atoms with van der Waals surface area (Å²) in [6.07, 6.45) is 2.87. The number of nitrogens with zero attached hydrogens (tertiary/aromatic N) is 5. The van der Waals surface area contributed by atoms with E-state index in [4.69, 9.17) is 28.9 Å². The van der Waals surface area contributed by atoms with Crippen LogP contribution < -0.4 is 20.3 Å². The number of ether oxygens (including phenoxy) is 4. The van der Waals surface area contributed by atoms with Gasteiger partial charge in [0.2, 0.25) is 11.8 Å². The van der Waals surface area contributed by atoms with Crippen LogP contribution in [0.2, 0.25) is 0 Å². The van der Waals surface area contributed by atoms with Gasteiger partial charge in [-0.15, -0.1) is 0 Å². The molecule has 4 saturated heterocycles. The molecule has 0 spiro atoms. The van der Waals surface area contributed by atoms with Gasteiger partial charge >= 0.3 is 12.2 Å². The van der Waals surface area contributed by atoms with Crippen LogP contribution in [0.4, 0.5) is 15.3 Å². The molecule has 18 heteroatoms. The number of H-pyrrole nitrogens is 2. The number of alkyl carbamates (subject to hydrolysis) is 1. The maximum atomic E-state index is 13.9. The molecule has 356 valence electrons. The van der Waals surface area contributed by atoms with Crippen LogP contribution in [0, 0.1) is 11.8 Å². The number of rotatable bonds is 14. The number of amides is 4. The van der Waals surface area contributed by atoms with Crippen molar-refractivity contribution in [1.82, 2.24) is 40.4 Å². The monoisotopic (exact) mass is 919 g/mol. The largest absolute Gasteiger partial charge is 0.491 e. The van der Waals surface area contributed by atoms with E-state index in [2.05, 4.69) is 68.0 Å². The number of nitrogens with one attached hydrogen (secondary N) is 4. The van der Waals surface area contributed by atoms with Crippen LogP contribution in [-0.2, 0) is 23.8 Å². The van der Waals surface area contributed by atoms with Gasteiger partial charge in [-0.2, -0.15) is 0 Å². The molecule has 67 heavy (non-hydrogen) atoms. The molecule has 2 aromatic heterocycles. The molecule has 0 radical (unpaired) electrons. The summed E-state index contributed by atoms with van der Waals surface area (Å²) in [4.78, 5) is 74.6. The fourth-order valence-corrected chi connectivity index (χ4v) is 10.4. The van der Waals surface area contributed by atoms with Crippen molar-refractivity contribution >= 4 is 51.8 Å². The van der Waals surface area contributed by atoms with E-state index in [1.54, 1.807) is 4.90 Å². The highest BCUT2D eigenvalue weighted by molar-refractivity contribution is 5.87. The summed E-state index contributed by atoms with van der Waals surface area (Å²) < 4.78 is 21.9. The molecule has 18 nitrogen and oxygen atoms in total. The number of hydrogen-bond acceptors (Lipinski definition) is 11. The van der Waals surface area contributed by atoms with E-state index >= 15 is 0 Å². The lowest BCUT2D eigenvalue weighted by atomic mass is 10.0. The fraction of sp³-hybridized carbons (Fsp3) is 0.510. The molecule has 1 unspecified atom stereocenters. The minimum atomic E-state index is -1.22. The number of anilines is 1.